The number of H-pyrrole nitrogens is 1. The van der Waals surface area contributed by atoms with Crippen molar-refractivity contribution in [2.75, 3.05) is 0 Å². The standard InChI is InChI=1S/C21H25N5O2/c1-14-11-18(27)25-26-19(14)16-7-5-15(6-8-16)12-17(13-22)24-20(28)21(23)9-3-2-4-10-21/h5-8,11,17H,2-4,9-10,12,23H2,1H3,(H,24,28)(H,25,27). The SMILES string of the molecule is Cc1cc(=O)[nH]nc1-c1ccc(CC(C#N)NC(=O)C2(N)CCCCC2)cc1. The van der Waals surface area contributed by atoms with Gasteiger partial charge in [0.2, 0.25) is 5.91 Å². The Balaban J connectivity index is 1.67. The number of nitrogens with two attached hydrogens (primary N) is 1. The molecule has 0 aliphatic heterocycles. The number of nitrogens with one attached hydrogen (secondary N) is 2. The minimum Gasteiger partial charge on any atom is -0.338 e. The van der Waals surface area contributed by atoms with Crippen molar-refractivity contribution in [1.82, 2.24) is 15.5 Å². The zero-order valence-electron chi connectivity index (χ0n) is 16.0. The first-order valence-corrected chi connectivity index (χ1v) is 9.56. The Bertz CT molecular complexity index is 937. The van der Waals surface area contributed by atoms with Crippen LogP contribution in [0.15, 0.2) is 35.1 Å². The second-order valence-electron chi connectivity index (χ2n) is 7.54. The molecule has 1 aromatic carbocycles. The quantitative estimate of drug-likeness (QED) is 0.732. The minimum atomic E-state index is -0.857. The van der Waals surface area contributed by atoms with Gasteiger partial charge >= 0.3 is 0 Å². The highest BCUT2D eigenvalue weighted by molar-refractivity contribution is 5.86. The van der Waals surface area contributed by atoms with Gasteiger partial charge in [0.25, 0.3) is 5.56 Å². The van der Waals surface area contributed by atoms with Crippen LogP contribution < -0.4 is 16.6 Å². The molecule has 1 aliphatic carbocycles. The second kappa shape index (κ2) is 8.36. The van der Waals surface area contributed by atoms with E-state index < -0.39 is 11.6 Å². The van der Waals surface area contributed by atoms with Crippen LogP contribution in [0.25, 0.3) is 11.3 Å². The molecule has 7 heteroatoms. The van der Waals surface area contributed by atoms with E-state index in [0.29, 0.717) is 25.0 Å². The highest BCUT2D eigenvalue weighted by Gasteiger charge is 2.36. The minimum absolute atomic E-state index is 0.233. The van der Waals surface area contributed by atoms with Crippen LogP contribution in [0.1, 0.15) is 43.2 Å². The van der Waals surface area contributed by atoms with E-state index in [9.17, 15) is 14.9 Å². The van der Waals surface area contributed by atoms with Crippen LogP contribution in [0, 0.1) is 18.3 Å². The first-order valence-electron chi connectivity index (χ1n) is 9.56. The summed E-state index contributed by atoms with van der Waals surface area (Å²) >= 11 is 0. The number of aromatic nitrogens is 2. The molecule has 28 heavy (non-hydrogen) atoms. The third kappa shape index (κ3) is 4.46. The predicted octanol–water partition coefficient (Wildman–Crippen LogP) is 1.96. The lowest BCUT2D eigenvalue weighted by Gasteiger charge is -2.32. The van der Waals surface area contributed by atoms with Gasteiger partial charge in [-0.25, -0.2) is 5.10 Å². The molecule has 0 radical (unpaired) electrons. The number of aromatic amines is 1. The molecule has 3 rings (SSSR count). The van der Waals surface area contributed by atoms with Gasteiger partial charge < -0.3 is 11.1 Å². The number of hydrogen-bond donors (Lipinski definition) is 3. The van der Waals surface area contributed by atoms with Crippen LogP contribution in [0.5, 0.6) is 0 Å². The molecule has 4 N–H and O–H groups in total. The van der Waals surface area contributed by atoms with E-state index in [2.05, 4.69) is 21.6 Å². The van der Waals surface area contributed by atoms with Gasteiger partial charge in [0.1, 0.15) is 6.04 Å². The van der Waals surface area contributed by atoms with Gasteiger partial charge in [-0.1, -0.05) is 43.5 Å². The first-order chi connectivity index (χ1) is 13.4. The third-order valence-corrected chi connectivity index (χ3v) is 5.33. The Labute approximate surface area is 164 Å². The number of nitriles is 1. The molecule has 1 saturated carbocycles. The molecule has 0 saturated heterocycles. The average Bonchev–Trinajstić information content (AvgIpc) is 2.69. The molecule has 1 fully saturated rings. The van der Waals surface area contributed by atoms with Gasteiger partial charge in [-0.15, -0.1) is 0 Å². The fraction of sp³-hybridized carbons (Fsp3) is 0.429. The first kappa shape index (κ1) is 19.8. The molecule has 1 aromatic heterocycles. The van der Waals surface area contributed by atoms with Crippen molar-refractivity contribution < 1.29 is 4.79 Å². The maximum Gasteiger partial charge on any atom is 0.264 e. The van der Waals surface area contributed by atoms with Crippen molar-refractivity contribution in [3.05, 3.63) is 51.8 Å². The highest BCUT2D eigenvalue weighted by atomic mass is 16.2. The largest absolute Gasteiger partial charge is 0.338 e. The van der Waals surface area contributed by atoms with Crippen molar-refractivity contribution >= 4 is 5.91 Å². The van der Waals surface area contributed by atoms with Crippen LogP contribution in [-0.4, -0.2) is 27.7 Å². The molecular formula is C21H25N5O2. The summed E-state index contributed by atoms with van der Waals surface area (Å²) in [5.41, 5.74) is 8.46. The van der Waals surface area contributed by atoms with Crippen LogP contribution in [0.4, 0.5) is 0 Å². The highest BCUT2D eigenvalue weighted by Crippen LogP contribution is 2.26. The Hall–Kier alpha value is -2.98. The maximum atomic E-state index is 12.6. The fourth-order valence-electron chi connectivity index (χ4n) is 3.66. The molecule has 146 valence electrons. The van der Waals surface area contributed by atoms with Crippen LogP contribution in [0.3, 0.4) is 0 Å². The normalized spacial score (nSPS) is 16.8. The summed E-state index contributed by atoms with van der Waals surface area (Å²) in [6.07, 6.45) is 4.72. The molecule has 1 heterocycles. The monoisotopic (exact) mass is 379 g/mol. The summed E-state index contributed by atoms with van der Waals surface area (Å²) < 4.78 is 0. The summed E-state index contributed by atoms with van der Waals surface area (Å²) in [5.74, 6) is -0.233. The fourth-order valence-corrected chi connectivity index (χ4v) is 3.66. The van der Waals surface area contributed by atoms with Crippen LogP contribution in [0.2, 0.25) is 0 Å². The van der Waals surface area contributed by atoms with Crippen molar-refractivity contribution in [2.45, 2.75) is 57.0 Å². The molecule has 0 bridgehead atoms. The van der Waals surface area contributed by atoms with Gasteiger partial charge in [-0.05, 0) is 30.9 Å². The van der Waals surface area contributed by atoms with E-state index in [1.165, 1.54) is 6.07 Å². The number of carbonyl (C=O) groups is 1. The summed E-state index contributed by atoms with van der Waals surface area (Å²) in [4.78, 5) is 23.9. The summed E-state index contributed by atoms with van der Waals surface area (Å²) in [7, 11) is 0. The third-order valence-electron chi connectivity index (χ3n) is 5.33. The van der Waals surface area contributed by atoms with Crippen molar-refractivity contribution in [1.29, 1.82) is 5.26 Å². The van der Waals surface area contributed by atoms with Crippen LogP contribution in [-0.2, 0) is 11.2 Å². The van der Waals surface area contributed by atoms with Gasteiger partial charge in [-0.2, -0.15) is 10.4 Å². The van der Waals surface area contributed by atoms with E-state index in [4.69, 9.17) is 5.73 Å². The number of aryl methyl sites for hydroxylation is 1. The van der Waals surface area contributed by atoms with Gasteiger partial charge in [0.05, 0.1) is 17.3 Å². The van der Waals surface area contributed by atoms with Crippen molar-refractivity contribution in [3.8, 4) is 17.3 Å². The molecule has 0 spiro atoms. The van der Waals surface area contributed by atoms with Gasteiger partial charge in [-0.3, -0.25) is 9.59 Å². The van der Waals surface area contributed by atoms with E-state index in [0.717, 1.165) is 36.0 Å². The number of rotatable bonds is 5. The lowest BCUT2D eigenvalue weighted by atomic mass is 9.81. The summed E-state index contributed by atoms with van der Waals surface area (Å²) in [5, 5.41) is 18.8. The molecule has 7 nitrogen and oxygen atoms in total. The average molecular weight is 379 g/mol. The van der Waals surface area contributed by atoms with Gasteiger partial charge in [0.15, 0.2) is 0 Å². The molecule has 1 unspecified atom stereocenters. The number of nitrogens with zero attached hydrogens (tertiary/aromatic N) is 2. The van der Waals surface area contributed by atoms with E-state index >= 15 is 0 Å². The number of hydrogen-bond acceptors (Lipinski definition) is 5. The second-order valence-corrected chi connectivity index (χ2v) is 7.54. The summed E-state index contributed by atoms with van der Waals surface area (Å²) in [6.45, 7) is 1.83. The van der Waals surface area contributed by atoms with E-state index in [1.807, 2.05) is 31.2 Å². The molecule has 1 amide bonds. The Morgan fingerprint density at radius 2 is 2.00 bits per heavy atom. The maximum absolute atomic E-state index is 12.6. The van der Waals surface area contributed by atoms with E-state index in [-0.39, 0.29) is 11.5 Å². The molecule has 1 aliphatic rings. The van der Waals surface area contributed by atoms with Crippen LogP contribution >= 0.6 is 0 Å². The lowest BCUT2D eigenvalue weighted by molar-refractivity contribution is -0.127. The smallest absolute Gasteiger partial charge is 0.264 e. The van der Waals surface area contributed by atoms with Gasteiger partial charge in [0, 0.05) is 18.1 Å². The van der Waals surface area contributed by atoms with Crippen molar-refractivity contribution in [2.24, 2.45) is 5.73 Å². The summed E-state index contributed by atoms with van der Waals surface area (Å²) in [6, 6.07) is 10.6. The topological polar surface area (TPSA) is 125 Å². The Morgan fingerprint density at radius 1 is 1.32 bits per heavy atom. The Morgan fingerprint density at radius 3 is 2.61 bits per heavy atom. The number of amides is 1. The number of benzene rings is 1. The zero-order chi connectivity index (χ0) is 20.1. The lowest BCUT2D eigenvalue weighted by Crippen LogP contribution is -2.57. The zero-order valence-corrected chi connectivity index (χ0v) is 16.0. The predicted molar refractivity (Wildman–Crippen MR) is 106 cm³/mol. The molecule has 2 aromatic rings. The van der Waals surface area contributed by atoms with E-state index in [1.54, 1.807) is 0 Å². The van der Waals surface area contributed by atoms with Crippen molar-refractivity contribution in [3.63, 3.8) is 0 Å². The molecular weight excluding hydrogens is 354 g/mol. The number of carbonyl (C=O) groups excluding carboxylic acids is 1. The Kier molecular flexibility index (Phi) is 5.90. The molecule has 1 atom stereocenters.